The average molecular weight is 393 g/mol. The maximum Gasteiger partial charge on any atom is 0.303 e. The molecule has 0 heterocycles. The van der Waals surface area contributed by atoms with E-state index in [-0.39, 0.29) is 29.5 Å². The van der Waals surface area contributed by atoms with Crippen molar-refractivity contribution in [2.24, 2.45) is 46.3 Å². The molecule has 4 aliphatic carbocycles. The van der Waals surface area contributed by atoms with Crippen molar-refractivity contribution in [3.63, 3.8) is 0 Å². The Balaban J connectivity index is 1.56. The van der Waals surface area contributed by atoms with Gasteiger partial charge in [0.25, 0.3) is 0 Å². The monoisotopic (exact) mass is 392 g/mol. The van der Waals surface area contributed by atoms with E-state index in [1.165, 1.54) is 25.7 Å². The molecule has 160 valence electrons. The van der Waals surface area contributed by atoms with Gasteiger partial charge in [0.2, 0.25) is 0 Å². The highest BCUT2D eigenvalue weighted by atomic mass is 16.4. The first-order chi connectivity index (χ1) is 13.2. The molecule has 0 aromatic carbocycles. The number of aliphatic hydroxyl groups excluding tert-OH is 2. The van der Waals surface area contributed by atoms with E-state index in [0.717, 1.165) is 32.1 Å². The van der Waals surface area contributed by atoms with Gasteiger partial charge in [0, 0.05) is 6.42 Å². The van der Waals surface area contributed by atoms with E-state index in [9.17, 15) is 15.0 Å². The van der Waals surface area contributed by atoms with Crippen LogP contribution in [0.4, 0.5) is 0 Å². The molecule has 0 bridgehead atoms. The summed E-state index contributed by atoms with van der Waals surface area (Å²) in [5.41, 5.74) is 0.325. The Morgan fingerprint density at radius 3 is 2.54 bits per heavy atom. The van der Waals surface area contributed by atoms with Crippen LogP contribution < -0.4 is 0 Å². The molecule has 3 N–H and O–H groups in total. The van der Waals surface area contributed by atoms with E-state index in [2.05, 4.69) is 20.8 Å². The molecule has 0 spiro atoms. The van der Waals surface area contributed by atoms with E-state index in [1.807, 2.05) is 0 Å². The number of aliphatic hydroxyl groups is 2. The fraction of sp³-hybridized carbons (Fsp3) is 0.958. The smallest absolute Gasteiger partial charge is 0.303 e. The third-order valence-electron chi connectivity index (χ3n) is 10.1. The van der Waals surface area contributed by atoms with Gasteiger partial charge in [-0.3, -0.25) is 4.79 Å². The molecule has 4 aliphatic rings. The summed E-state index contributed by atoms with van der Waals surface area (Å²) in [4.78, 5) is 11.1. The lowest BCUT2D eigenvalue weighted by Crippen LogP contribution is -2.59. The standard InChI is InChI=1S/C24H40O4/c1-14(4-9-21(27)28)18-7-8-19-17-6-5-15-12-16(25)10-11-23(15,2)22(17)20(26)13-24(18,19)3/h14-20,22,25-26H,4-13H2,1-3H3,(H,27,28)/t14-,15?,16-,17+,18-,19+,20+,22-,23+,24-/m1/s1. The zero-order chi connectivity index (χ0) is 20.3. The van der Waals surface area contributed by atoms with Crippen LogP contribution in [-0.4, -0.2) is 33.5 Å². The van der Waals surface area contributed by atoms with Crippen LogP contribution in [0.2, 0.25) is 0 Å². The Labute approximate surface area is 170 Å². The Morgan fingerprint density at radius 2 is 1.82 bits per heavy atom. The Morgan fingerprint density at radius 1 is 1.07 bits per heavy atom. The van der Waals surface area contributed by atoms with E-state index in [4.69, 9.17) is 5.11 Å². The average Bonchev–Trinajstić information content (AvgIpc) is 2.96. The first kappa shape index (κ1) is 20.7. The summed E-state index contributed by atoms with van der Waals surface area (Å²) in [5.74, 6) is 2.46. The van der Waals surface area contributed by atoms with Crippen LogP contribution in [0.5, 0.6) is 0 Å². The minimum Gasteiger partial charge on any atom is -0.481 e. The number of carbonyl (C=O) groups is 1. The number of carboxylic acids is 1. The third-order valence-corrected chi connectivity index (χ3v) is 10.1. The van der Waals surface area contributed by atoms with E-state index >= 15 is 0 Å². The van der Waals surface area contributed by atoms with Crippen LogP contribution in [0.3, 0.4) is 0 Å². The molecule has 28 heavy (non-hydrogen) atoms. The van der Waals surface area contributed by atoms with Crippen molar-refractivity contribution in [1.82, 2.24) is 0 Å². The topological polar surface area (TPSA) is 77.8 Å². The Hall–Kier alpha value is -0.610. The fourth-order valence-corrected chi connectivity index (χ4v) is 8.89. The quantitative estimate of drug-likeness (QED) is 0.659. The largest absolute Gasteiger partial charge is 0.481 e. The molecule has 10 atom stereocenters. The van der Waals surface area contributed by atoms with Gasteiger partial charge >= 0.3 is 5.97 Å². The number of carboxylic acid groups (broad SMARTS) is 1. The lowest BCUT2D eigenvalue weighted by Gasteiger charge is -2.62. The first-order valence-electron chi connectivity index (χ1n) is 11.7. The van der Waals surface area contributed by atoms with Gasteiger partial charge in [-0.05, 0) is 104 Å². The van der Waals surface area contributed by atoms with Crippen LogP contribution in [0, 0.1) is 46.3 Å². The summed E-state index contributed by atoms with van der Waals surface area (Å²) in [6.45, 7) is 7.06. The first-order valence-corrected chi connectivity index (χ1v) is 11.7. The van der Waals surface area contributed by atoms with Crippen molar-refractivity contribution in [3.8, 4) is 0 Å². The van der Waals surface area contributed by atoms with Gasteiger partial charge < -0.3 is 15.3 Å². The number of hydrogen-bond acceptors (Lipinski definition) is 3. The highest BCUT2D eigenvalue weighted by molar-refractivity contribution is 5.66. The van der Waals surface area contributed by atoms with Crippen molar-refractivity contribution in [1.29, 1.82) is 0 Å². The maximum atomic E-state index is 11.4. The van der Waals surface area contributed by atoms with Gasteiger partial charge in [-0.1, -0.05) is 20.8 Å². The molecule has 0 aromatic rings. The number of hydrogen-bond donors (Lipinski definition) is 3. The van der Waals surface area contributed by atoms with Crippen molar-refractivity contribution < 1.29 is 20.1 Å². The Kier molecular flexibility index (Phi) is 5.36. The molecule has 4 fully saturated rings. The van der Waals surface area contributed by atoms with E-state index < -0.39 is 5.97 Å². The Bertz CT molecular complexity index is 605. The second-order valence-corrected chi connectivity index (χ2v) is 11.4. The van der Waals surface area contributed by atoms with Gasteiger partial charge in [-0.2, -0.15) is 0 Å². The molecule has 0 aliphatic heterocycles. The number of aliphatic carboxylic acids is 1. The SMILES string of the molecule is C[C@H](CCC(=O)O)[C@H]1CC[C@H]2[C@@H]3CCC4C[C@H](O)CC[C@]4(C)[C@H]3[C@@H](O)C[C@]12C. The summed E-state index contributed by atoms with van der Waals surface area (Å²) in [7, 11) is 0. The second kappa shape index (κ2) is 7.27. The predicted molar refractivity (Wildman–Crippen MR) is 109 cm³/mol. The molecule has 4 nitrogen and oxygen atoms in total. The molecule has 4 heteroatoms. The summed E-state index contributed by atoms with van der Waals surface area (Å²) in [6.07, 6.45) is 9.20. The molecule has 0 radical (unpaired) electrons. The maximum absolute atomic E-state index is 11.4. The molecular formula is C24H40O4. The molecule has 0 aromatic heterocycles. The summed E-state index contributed by atoms with van der Waals surface area (Å²) in [5, 5.41) is 30.7. The van der Waals surface area contributed by atoms with Crippen LogP contribution in [-0.2, 0) is 4.79 Å². The molecule has 4 rings (SSSR count). The van der Waals surface area contributed by atoms with Gasteiger partial charge in [0.05, 0.1) is 12.2 Å². The normalized spacial score (nSPS) is 51.7. The van der Waals surface area contributed by atoms with Crippen molar-refractivity contribution in [2.45, 2.75) is 97.2 Å². The molecule has 1 unspecified atom stereocenters. The zero-order valence-electron chi connectivity index (χ0n) is 17.9. The molecular weight excluding hydrogens is 352 g/mol. The molecule has 0 amide bonds. The minimum absolute atomic E-state index is 0.147. The van der Waals surface area contributed by atoms with Gasteiger partial charge in [-0.25, -0.2) is 0 Å². The molecule has 0 saturated heterocycles. The summed E-state index contributed by atoms with van der Waals surface area (Å²) >= 11 is 0. The summed E-state index contributed by atoms with van der Waals surface area (Å²) < 4.78 is 0. The van der Waals surface area contributed by atoms with Gasteiger partial charge in [0.1, 0.15) is 0 Å². The summed E-state index contributed by atoms with van der Waals surface area (Å²) in [6, 6.07) is 0. The van der Waals surface area contributed by atoms with Crippen molar-refractivity contribution >= 4 is 5.97 Å². The highest BCUT2D eigenvalue weighted by Gasteiger charge is 2.63. The van der Waals surface area contributed by atoms with Gasteiger partial charge in [0.15, 0.2) is 0 Å². The molecule has 4 saturated carbocycles. The highest BCUT2D eigenvalue weighted by Crippen LogP contribution is 2.68. The minimum atomic E-state index is -0.693. The lowest BCUT2D eigenvalue weighted by atomic mass is 9.43. The predicted octanol–water partition coefficient (Wildman–Crippen LogP) is 4.48. The van der Waals surface area contributed by atoms with Crippen LogP contribution in [0.1, 0.15) is 85.0 Å². The van der Waals surface area contributed by atoms with Crippen LogP contribution in [0.15, 0.2) is 0 Å². The second-order valence-electron chi connectivity index (χ2n) is 11.4. The van der Waals surface area contributed by atoms with Crippen LogP contribution >= 0.6 is 0 Å². The van der Waals surface area contributed by atoms with Crippen molar-refractivity contribution in [2.75, 3.05) is 0 Å². The lowest BCUT2D eigenvalue weighted by molar-refractivity contribution is -0.179. The zero-order valence-corrected chi connectivity index (χ0v) is 17.9. The van der Waals surface area contributed by atoms with Gasteiger partial charge in [-0.15, -0.1) is 0 Å². The van der Waals surface area contributed by atoms with E-state index in [1.54, 1.807) is 0 Å². The van der Waals surface area contributed by atoms with E-state index in [0.29, 0.717) is 35.5 Å². The fourth-order valence-electron chi connectivity index (χ4n) is 8.89. The van der Waals surface area contributed by atoms with Crippen molar-refractivity contribution in [3.05, 3.63) is 0 Å². The third kappa shape index (κ3) is 3.14. The number of fused-ring (bicyclic) bond motifs is 5. The van der Waals surface area contributed by atoms with Crippen LogP contribution in [0.25, 0.3) is 0 Å². The number of rotatable bonds is 4.